The quantitative estimate of drug-likeness (QED) is 0.822. The van der Waals surface area contributed by atoms with Gasteiger partial charge in [-0.3, -0.25) is 4.79 Å². The van der Waals surface area contributed by atoms with Gasteiger partial charge in [0, 0.05) is 12.7 Å². The average Bonchev–Trinajstić information content (AvgIpc) is 2.57. The van der Waals surface area contributed by atoms with Gasteiger partial charge in [-0.05, 0) is 36.8 Å². The van der Waals surface area contributed by atoms with E-state index in [1.54, 1.807) is 48.5 Å². The minimum Gasteiger partial charge on any atom is -0.494 e. The topological polar surface area (TPSA) is 75.7 Å². The zero-order valence-corrected chi connectivity index (χ0v) is 15.3. The van der Waals surface area contributed by atoms with Crippen molar-refractivity contribution >= 4 is 21.6 Å². The molecule has 0 unspecified atom stereocenters. The molecule has 25 heavy (non-hydrogen) atoms. The van der Waals surface area contributed by atoms with Crippen molar-refractivity contribution in [3.63, 3.8) is 0 Å². The fourth-order valence-electron chi connectivity index (χ4n) is 2.37. The smallest absolute Gasteiger partial charge is 0.247 e. The van der Waals surface area contributed by atoms with Gasteiger partial charge in [-0.15, -0.1) is 0 Å². The number of hydrogen-bond acceptors (Lipinski definition) is 4. The minimum atomic E-state index is -3.55. The summed E-state index contributed by atoms with van der Waals surface area (Å²) in [5, 5.41) is 2.76. The summed E-state index contributed by atoms with van der Waals surface area (Å²) in [4.78, 5) is 12.8. The lowest BCUT2D eigenvalue weighted by molar-refractivity contribution is -0.119. The van der Waals surface area contributed by atoms with Crippen LogP contribution in [0.4, 0.5) is 5.69 Å². The molecular formula is C18H22N2O4S. The molecule has 0 saturated heterocycles. The first-order chi connectivity index (χ1) is 11.8. The van der Waals surface area contributed by atoms with Gasteiger partial charge < -0.3 is 10.1 Å². The molecular weight excluding hydrogens is 340 g/mol. The van der Waals surface area contributed by atoms with Crippen molar-refractivity contribution in [2.45, 2.75) is 13.0 Å². The standard InChI is InChI=1S/C18H22N2O4S/c1-4-24-16-12-10-15(11-13-16)19-18(21)17(20(2)25(3,22)23)14-8-6-5-7-9-14/h5-13,17H,4H2,1-3H3,(H,19,21)/t17-/m1/s1. The fourth-order valence-corrected chi connectivity index (χ4v) is 2.97. The number of sulfonamides is 1. The molecule has 1 atom stereocenters. The first-order valence-corrected chi connectivity index (χ1v) is 9.69. The van der Waals surface area contributed by atoms with Gasteiger partial charge in [0.15, 0.2) is 0 Å². The van der Waals surface area contributed by atoms with E-state index in [1.165, 1.54) is 7.05 Å². The van der Waals surface area contributed by atoms with Gasteiger partial charge >= 0.3 is 0 Å². The number of benzene rings is 2. The highest BCUT2D eigenvalue weighted by molar-refractivity contribution is 7.88. The molecule has 2 aromatic carbocycles. The van der Waals surface area contributed by atoms with Crippen LogP contribution in [0.25, 0.3) is 0 Å². The van der Waals surface area contributed by atoms with E-state index in [1.807, 2.05) is 13.0 Å². The van der Waals surface area contributed by atoms with Crippen LogP contribution in [0.2, 0.25) is 0 Å². The third-order valence-electron chi connectivity index (χ3n) is 3.68. The Labute approximate surface area is 148 Å². The van der Waals surface area contributed by atoms with Crippen molar-refractivity contribution in [2.24, 2.45) is 0 Å². The maximum atomic E-state index is 12.8. The normalized spacial score (nSPS) is 12.6. The number of hydrogen-bond donors (Lipinski definition) is 1. The highest BCUT2D eigenvalue weighted by atomic mass is 32.2. The summed E-state index contributed by atoms with van der Waals surface area (Å²) in [6.45, 7) is 2.45. The Bertz CT molecular complexity index is 805. The molecule has 134 valence electrons. The summed E-state index contributed by atoms with van der Waals surface area (Å²) < 4.78 is 30.3. The van der Waals surface area contributed by atoms with E-state index in [2.05, 4.69) is 5.32 Å². The molecule has 2 rings (SSSR count). The van der Waals surface area contributed by atoms with Crippen molar-refractivity contribution in [1.29, 1.82) is 0 Å². The van der Waals surface area contributed by atoms with E-state index in [-0.39, 0.29) is 0 Å². The highest BCUT2D eigenvalue weighted by Crippen LogP contribution is 2.24. The molecule has 0 aromatic heterocycles. The highest BCUT2D eigenvalue weighted by Gasteiger charge is 2.30. The number of rotatable bonds is 7. The van der Waals surface area contributed by atoms with Crippen LogP contribution in [0.1, 0.15) is 18.5 Å². The van der Waals surface area contributed by atoms with Crippen LogP contribution >= 0.6 is 0 Å². The third kappa shape index (κ3) is 5.04. The van der Waals surface area contributed by atoms with Gasteiger partial charge in [-0.1, -0.05) is 30.3 Å². The van der Waals surface area contributed by atoms with Crippen molar-refractivity contribution in [3.8, 4) is 5.75 Å². The van der Waals surface area contributed by atoms with Crippen LogP contribution in [0.5, 0.6) is 5.75 Å². The lowest BCUT2D eigenvalue weighted by Gasteiger charge is -2.25. The first-order valence-electron chi connectivity index (χ1n) is 7.84. The van der Waals surface area contributed by atoms with Gasteiger partial charge in [0.2, 0.25) is 15.9 Å². The number of likely N-dealkylation sites (N-methyl/N-ethyl adjacent to an activating group) is 1. The van der Waals surface area contributed by atoms with E-state index in [4.69, 9.17) is 4.74 Å². The second-order valence-electron chi connectivity index (χ2n) is 5.54. The Morgan fingerprint density at radius 3 is 2.24 bits per heavy atom. The number of nitrogens with zero attached hydrogens (tertiary/aromatic N) is 1. The van der Waals surface area contributed by atoms with E-state index >= 15 is 0 Å². The zero-order chi connectivity index (χ0) is 18.4. The minimum absolute atomic E-state index is 0.428. The molecule has 0 aliphatic rings. The Morgan fingerprint density at radius 2 is 1.72 bits per heavy atom. The van der Waals surface area contributed by atoms with Crippen molar-refractivity contribution in [3.05, 3.63) is 60.2 Å². The van der Waals surface area contributed by atoms with Gasteiger partial charge in [0.1, 0.15) is 11.8 Å². The molecule has 1 amide bonds. The fraction of sp³-hybridized carbons (Fsp3) is 0.278. The molecule has 0 radical (unpaired) electrons. The summed E-state index contributed by atoms with van der Waals surface area (Å²) in [5.41, 5.74) is 1.16. The van der Waals surface area contributed by atoms with Gasteiger partial charge in [0.25, 0.3) is 0 Å². The molecule has 0 aliphatic heterocycles. The molecule has 0 saturated carbocycles. The van der Waals surface area contributed by atoms with Crippen LogP contribution in [-0.2, 0) is 14.8 Å². The van der Waals surface area contributed by atoms with Crippen LogP contribution in [-0.4, -0.2) is 38.5 Å². The van der Waals surface area contributed by atoms with Crippen molar-refractivity contribution in [1.82, 2.24) is 4.31 Å². The lowest BCUT2D eigenvalue weighted by atomic mass is 10.1. The Morgan fingerprint density at radius 1 is 1.12 bits per heavy atom. The molecule has 0 bridgehead atoms. The molecule has 7 heteroatoms. The molecule has 0 heterocycles. The van der Waals surface area contributed by atoms with Crippen LogP contribution < -0.4 is 10.1 Å². The number of ether oxygens (including phenoxy) is 1. The van der Waals surface area contributed by atoms with Gasteiger partial charge in [-0.25, -0.2) is 8.42 Å². The number of nitrogens with one attached hydrogen (secondary N) is 1. The SMILES string of the molecule is CCOc1ccc(NC(=O)[C@@H](c2ccccc2)N(C)S(C)(=O)=O)cc1. The van der Waals surface area contributed by atoms with Crippen molar-refractivity contribution < 1.29 is 17.9 Å². The second kappa shape index (κ2) is 8.13. The molecule has 1 N–H and O–H groups in total. The van der Waals surface area contributed by atoms with E-state index in [0.29, 0.717) is 23.6 Å². The largest absolute Gasteiger partial charge is 0.494 e. The number of carbonyl (C=O) groups excluding carboxylic acids is 1. The summed E-state index contributed by atoms with van der Waals surface area (Å²) in [6.07, 6.45) is 1.08. The van der Waals surface area contributed by atoms with Crippen LogP contribution in [0.15, 0.2) is 54.6 Å². The van der Waals surface area contributed by atoms with Gasteiger partial charge in [0.05, 0.1) is 12.9 Å². The van der Waals surface area contributed by atoms with E-state index in [9.17, 15) is 13.2 Å². The third-order valence-corrected chi connectivity index (χ3v) is 4.94. The number of amides is 1. The average molecular weight is 362 g/mol. The Hall–Kier alpha value is -2.38. The maximum absolute atomic E-state index is 12.8. The maximum Gasteiger partial charge on any atom is 0.247 e. The Kier molecular flexibility index (Phi) is 6.17. The van der Waals surface area contributed by atoms with E-state index in [0.717, 1.165) is 10.6 Å². The second-order valence-corrected chi connectivity index (χ2v) is 7.58. The molecule has 0 aliphatic carbocycles. The van der Waals surface area contributed by atoms with Gasteiger partial charge in [-0.2, -0.15) is 4.31 Å². The summed E-state index contributed by atoms with van der Waals surface area (Å²) in [7, 11) is -2.16. The van der Waals surface area contributed by atoms with Crippen LogP contribution in [0.3, 0.4) is 0 Å². The lowest BCUT2D eigenvalue weighted by Crippen LogP contribution is -2.38. The number of carbonyl (C=O) groups is 1. The van der Waals surface area contributed by atoms with Crippen molar-refractivity contribution in [2.75, 3.05) is 25.2 Å². The van der Waals surface area contributed by atoms with Crippen LogP contribution in [0, 0.1) is 0 Å². The monoisotopic (exact) mass is 362 g/mol. The number of anilines is 1. The summed E-state index contributed by atoms with van der Waals surface area (Å²) >= 11 is 0. The predicted octanol–water partition coefficient (Wildman–Crippen LogP) is 2.66. The Balaban J connectivity index is 2.26. The molecule has 2 aromatic rings. The molecule has 0 spiro atoms. The van der Waals surface area contributed by atoms with E-state index < -0.39 is 22.0 Å². The molecule has 6 nitrogen and oxygen atoms in total. The predicted molar refractivity (Wildman–Crippen MR) is 98.0 cm³/mol. The summed E-state index contributed by atoms with van der Waals surface area (Å²) in [6, 6.07) is 14.8. The molecule has 0 fully saturated rings. The first kappa shape index (κ1) is 19.0. The zero-order valence-electron chi connectivity index (χ0n) is 14.5. The summed E-state index contributed by atoms with van der Waals surface area (Å²) in [5.74, 6) is 0.275.